The molecule has 2 aliphatic rings. The normalized spacial score (nSPS) is 20.8. The number of benzene rings is 1. The largest absolute Gasteiger partial charge is 0.378 e. The Bertz CT molecular complexity index is 542. The van der Waals surface area contributed by atoms with Gasteiger partial charge in [-0.3, -0.25) is 4.79 Å². The third-order valence-corrected chi connectivity index (χ3v) is 4.61. The number of carbonyl (C=O) groups excluding carboxylic acids is 1. The van der Waals surface area contributed by atoms with E-state index in [0.29, 0.717) is 18.9 Å². The quantitative estimate of drug-likeness (QED) is 0.921. The molecule has 1 fully saturated rings. The number of hydrogen-bond donors (Lipinski definition) is 1. The molecule has 0 spiro atoms. The lowest BCUT2D eigenvalue weighted by atomic mass is 9.94. The minimum Gasteiger partial charge on any atom is -0.378 e. The number of fused-ring (bicyclic) bond motifs is 1. The fourth-order valence-corrected chi connectivity index (χ4v) is 3.31. The zero-order valence-corrected chi connectivity index (χ0v) is 14.8. The number of rotatable bonds is 3. The number of nitrogens with one attached hydrogen (secondary N) is 1. The first-order chi connectivity index (χ1) is 10.6. The first kappa shape index (κ1) is 18.2. The third kappa shape index (κ3) is 4.25. The molecular weight excluding hydrogens is 312 g/mol. The van der Waals surface area contributed by atoms with E-state index in [1.165, 1.54) is 11.1 Å². The lowest BCUT2D eigenvalue weighted by Gasteiger charge is -2.32. The average Bonchev–Trinajstić information content (AvgIpc) is 2.54. The van der Waals surface area contributed by atoms with Gasteiger partial charge in [0.05, 0.1) is 13.2 Å². The molecule has 5 heteroatoms. The maximum atomic E-state index is 12.7. The summed E-state index contributed by atoms with van der Waals surface area (Å²) in [5.41, 5.74) is 3.78. The maximum absolute atomic E-state index is 12.7. The van der Waals surface area contributed by atoms with Crippen LogP contribution >= 0.6 is 12.4 Å². The number of ether oxygens (including phenoxy) is 1. The molecule has 1 amide bonds. The van der Waals surface area contributed by atoms with Crippen molar-refractivity contribution in [2.45, 2.75) is 45.1 Å². The van der Waals surface area contributed by atoms with Crippen molar-refractivity contribution in [3.05, 3.63) is 29.3 Å². The van der Waals surface area contributed by atoms with Gasteiger partial charge in [-0.05, 0) is 36.0 Å². The molecule has 3 rings (SSSR count). The van der Waals surface area contributed by atoms with Crippen LogP contribution in [0.4, 0.5) is 5.69 Å². The minimum absolute atomic E-state index is 0. The zero-order valence-electron chi connectivity index (χ0n) is 14.0. The van der Waals surface area contributed by atoms with Crippen molar-refractivity contribution < 1.29 is 9.53 Å². The van der Waals surface area contributed by atoms with Crippen LogP contribution in [-0.2, 0) is 16.0 Å². The van der Waals surface area contributed by atoms with Gasteiger partial charge in [0.25, 0.3) is 0 Å². The Morgan fingerprint density at radius 2 is 2.26 bits per heavy atom. The van der Waals surface area contributed by atoms with Gasteiger partial charge in [-0.25, -0.2) is 0 Å². The maximum Gasteiger partial charge on any atom is 0.228 e. The van der Waals surface area contributed by atoms with E-state index < -0.39 is 0 Å². The van der Waals surface area contributed by atoms with Crippen molar-refractivity contribution in [1.82, 2.24) is 5.32 Å². The Morgan fingerprint density at radius 1 is 1.43 bits per heavy atom. The van der Waals surface area contributed by atoms with Crippen molar-refractivity contribution in [1.29, 1.82) is 0 Å². The monoisotopic (exact) mass is 338 g/mol. The van der Waals surface area contributed by atoms with Gasteiger partial charge in [0.1, 0.15) is 0 Å². The Balaban J connectivity index is 0.00000192. The minimum atomic E-state index is 0. The van der Waals surface area contributed by atoms with Crippen LogP contribution in [0.5, 0.6) is 0 Å². The number of halogens is 1. The van der Waals surface area contributed by atoms with Crippen molar-refractivity contribution in [3.63, 3.8) is 0 Å². The molecule has 1 aromatic rings. The molecule has 128 valence electrons. The van der Waals surface area contributed by atoms with Crippen LogP contribution in [0.3, 0.4) is 0 Å². The Morgan fingerprint density at radius 3 is 2.96 bits per heavy atom. The molecule has 1 saturated heterocycles. The molecule has 0 aliphatic carbocycles. The summed E-state index contributed by atoms with van der Waals surface area (Å²) in [6.45, 7) is 7.48. The van der Waals surface area contributed by atoms with Crippen LogP contribution in [0.15, 0.2) is 18.2 Å². The number of nitrogens with zero attached hydrogens (tertiary/aromatic N) is 1. The van der Waals surface area contributed by atoms with Crippen molar-refractivity contribution in [2.24, 2.45) is 0 Å². The van der Waals surface area contributed by atoms with Gasteiger partial charge in [-0.2, -0.15) is 0 Å². The molecule has 4 nitrogen and oxygen atoms in total. The van der Waals surface area contributed by atoms with Crippen LogP contribution in [-0.4, -0.2) is 38.3 Å². The first-order valence-corrected chi connectivity index (χ1v) is 8.39. The number of hydrogen-bond acceptors (Lipinski definition) is 3. The number of anilines is 1. The van der Waals surface area contributed by atoms with Crippen LogP contribution in [0.25, 0.3) is 0 Å². The van der Waals surface area contributed by atoms with Crippen molar-refractivity contribution in [3.8, 4) is 0 Å². The summed E-state index contributed by atoms with van der Waals surface area (Å²) in [6, 6.07) is 6.73. The van der Waals surface area contributed by atoms with Gasteiger partial charge in [0.15, 0.2) is 0 Å². The summed E-state index contributed by atoms with van der Waals surface area (Å²) < 4.78 is 5.45. The molecule has 1 unspecified atom stereocenters. The van der Waals surface area contributed by atoms with Gasteiger partial charge in [-0.1, -0.05) is 26.0 Å². The van der Waals surface area contributed by atoms with E-state index >= 15 is 0 Å². The molecule has 23 heavy (non-hydrogen) atoms. The van der Waals surface area contributed by atoms with Gasteiger partial charge in [-0.15, -0.1) is 12.4 Å². The fourth-order valence-electron chi connectivity index (χ4n) is 3.31. The van der Waals surface area contributed by atoms with E-state index in [0.717, 1.165) is 38.2 Å². The van der Waals surface area contributed by atoms with Crippen LogP contribution < -0.4 is 10.2 Å². The second kappa shape index (κ2) is 8.13. The summed E-state index contributed by atoms with van der Waals surface area (Å²) >= 11 is 0. The number of morpholine rings is 1. The number of amides is 1. The highest BCUT2D eigenvalue weighted by molar-refractivity contribution is 5.95. The second-order valence-electron chi connectivity index (χ2n) is 6.62. The standard InChI is InChI=1S/C18H26N2O2.ClH/c1-13(2)14-5-6-17-15(10-14)4-3-8-20(17)18(21)11-16-12-22-9-7-19-16;/h5-6,10,13,16,19H,3-4,7-9,11-12H2,1-2H3;1H. The third-order valence-electron chi connectivity index (χ3n) is 4.61. The molecule has 1 N–H and O–H groups in total. The summed E-state index contributed by atoms with van der Waals surface area (Å²) in [5, 5.41) is 3.36. The number of carbonyl (C=O) groups is 1. The lowest BCUT2D eigenvalue weighted by Crippen LogP contribution is -2.46. The predicted molar refractivity (Wildman–Crippen MR) is 95.7 cm³/mol. The molecule has 1 atom stereocenters. The van der Waals surface area contributed by atoms with Gasteiger partial charge >= 0.3 is 0 Å². The predicted octanol–water partition coefficient (Wildman–Crippen LogP) is 2.89. The number of aryl methyl sites for hydroxylation is 1. The molecule has 0 aromatic heterocycles. The fraction of sp³-hybridized carbons (Fsp3) is 0.611. The summed E-state index contributed by atoms with van der Waals surface area (Å²) in [4.78, 5) is 14.6. The van der Waals surface area contributed by atoms with Crippen molar-refractivity contribution >= 4 is 24.0 Å². The summed E-state index contributed by atoms with van der Waals surface area (Å²) in [7, 11) is 0. The van der Waals surface area contributed by atoms with E-state index in [-0.39, 0.29) is 24.4 Å². The van der Waals surface area contributed by atoms with Crippen molar-refractivity contribution in [2.75, 3.05) is 31.2 Å². The van der Waals surface area contributed by atoms with E-state index in [1.807, 2.05) is 4.90 Å². The van der Waals surface area contributed by atoms with Crippen LogP contribution in [0.2, 0.25) is 0 Å². The molecule has 0 saturated carbocycles. The SMILES string of the molecule is CC(C)c1ccc2c(c1)CCCN2C(=O)CC1COCCN1.Cl. The van der Waals surface area contributed by atoms with Gasteiger partial charge in [0, 0.05) is 31.2 Å². The van der Waals surface area contributed by atoms with E-state index in [9.17, 15) is 4.79 Å². The van der Waals surface area contributed by atoms with Crippen LogP contribution in [0, 0.1) is 0 Å². The average molecular weight is 339 g/mol. The molecule has 0 bridgehead atoms. The van der Waals surface area contributed by atoms with Gasteiger partial charge in [0.2, 0.25) is 5.91 Å². The van der Waals surface area contributed by atoms with E-state index in [4.69, 9.17) is 4.74 Å². The molecule has 2 aliphatic heterocycles. The molecule has 1 aromatic carbocycles. The van der Waals surface area contributed by atoms with E-state index in [2.05, 4.69) is 37.4 Å². The highest BCUT2D eigenvalue weighted by atomic mass is 35.5. The summed E-state index contributed by atoms with van der Waals surface area (Å²) in [6.07, 6.45) is 2.64. The lowest BCUT2D eigenvalue weighted by molar-refractivity contribution is -0.119. The Hall–Kier alpha value is -1.10. The van der Waals surface area contributed by atoms with Crippen LogP contribution in [0.1, 0.15) is 43.7 Å². The first-order valence-electron chi connectivity index (χ1n) is 8.39. The second-order valence-corrected chi connectivity index (χ2v) is 6.62. The van der Waals surface area contributed by atoms with Gasteiger partial charge < -0.3 is 15.0 Å². The Kier molecular flexibility index (Phi) is 6.45. The zero-order chi connectivity index (χ0) is 15.5. The topological polar surface area (TPSA) is 41.6 Å². The Labute approximate surface area is 145 Å². The molecule has 2 heterocycles. The molecular formula is C18H27ClN2O2. The van der Waals surface area contributed by atoms with E-state index in [1.54, 1.807) is 0 Å². The summed E-state index contributed by atoms with van der Waals surface area (Å²) in [5.74, 6) is 0.737. The molecule has 0 radical (unpaired) electrons. The highest BCUT2D eigenvalue weighted by Crippen LogP contribution is 2.30. The highest BCUT2D eigenvalue weighted by Gasteiger charge is 2.26. The smallest absolute Gasteiger partial charge is 0.228 e.